The van der Waals surface area contributed by atoms with E-state index in [2.05, 4.69) is 12.1 Å². The van der Waals surface area contributed by atoms with Gasteiger partial charge in [-0.2, -0.15) is 0 Å². The lowest BCUT2D eigenvalue weighted by atomic mass is 9.89. The maximum absolute atomic E-state index is 11.4. The van der Waals surface area contributed by atoms with Crippen molar-refractivity contribution in [3.63, 3.8) is 0 Å². The van der Waals surface area contributed by atoms with Crippen LogP contribution in [0.2, 0.25) is 0 Å². The maximum Gasteiger partial charge on any atom is 0.138 e. The molecule has 0 saturated carbocycles. The second-order valence-corrected chi connectivity index (χ2v) is 4.75. The first-order valence-corrected chi connectivity index (χ1v) is 5.88. The minimum absolute atomic E-state index is 0.245. The molecule has 0 radical (unpaired) electrons. The summed E-state index contributed by atoms with van der Waals surface area (Å²) in [6.45, 7) is 2.64. The fourth-order valence-electron chi connectivity index (χ4n) is 2.18. The number of rotatable bonds is 3. The van der Waals surface area contributed by atoms with Gasteiger partial charge in [-0.3, -0.25) is 4.79 Å². The van der Waals surface area contributed by atoms with Crippen LogP contribution in [0.3, 0.4) is 0 Å². The fourth-order valence-corrected chi connectivity index (χ4v) is 2.18. The van der Waals surface area contributed by atoms with Gasteiger partial charge in [0.25, 0.3) is 0 Å². The predicted octanol–water partition coefficient (Wildman–Crippen LogP) is 2.76. The van der Waals surface area contributed by atoms with E-state index in [-0.39, 0.29) is 5.60 Å². The zero-order valence-electron chi connectivity index (χ0n) is 9.74. The molecule has 1 fully saturated rings. The molecular formula is C14H18O2. The van der Waals surface area contributed by atoms with Gasteiger partial charge in [0, 0.05) is 12.8 Å². The van der Waals surface area contributed by atoms with E-state index in [0.29, 0.717) is 25.2 Å². The fraction of sp³-hybridized carbons (Fsp3) is 0.500. The second kappa shape index (κ2) is 4.79. The molecule has 0 aliphatic carbocycles. The van der Waals surface area contributed by atoms with E-state index in [1.165, 1.54) is 5.56 Å². The van der Waals surface area contributed by atoms with E-state index < -0.39 is 0 Å². The number of benzene rings is 1. The molecule has 1 aromatic rings. The first-order valence-electron chi connectivity index (χ1n) is 5.88. The van der Waals surface area contributed by atoms with Crippen molar-refractivity contribution in [1.29, 1.82) is 0 Å². The predicted molar refractivity (Wildman–Crippen MR) is 63.4 cm³/mol. The first-order chi connectivity index (χ1) is 7.68. The van der Waals surface area contributed by atoms with Crippen molar-refractivity contribution in [3.05, 3.63) is 35.9 Å². The zero-order valence-corrected chi connectivity index (χ0v) is 9.74. The number of hydrogen-bond acceptors (Lipinski definition) is 2. The van der Waals surface area contributed by atoms with Gasteiger partial charge in [-0.05, 0) is 25.3 Å². The van der Waals surface area contributed by atoms with Crippen molar-refractivity contribution in [3.8, 4) is 0 Å². The smallest absolute Gasteiger partial charge is 0.138 e. The van der Waals surface area contributed by atoms with Crippen molar-refractivity contribution in [2.45, 2.75) is 38.2 Å². The maximum atomic E-state index is 11.4. The van der Waals surface area contributed by atoms with Crippen molar-refractivity contribution >= 4 is 5.78 Å². The summed E-state index contributed by atoms with van der Waals surface area (Å²) in [5, 5.41) is 0. The summed E-state index contributed by atoms with van der Waals surface area (Å²) in [6.07, 6.45) is 3.05. The van der Waals surface area contributed by atoms with Crippen LogP contribution in [0, 0.1) is 0 Å². The van der Waals surface area contributed by atoms with Crippen LogP contribution in [0.15, 0.2) is 30.3 Å². The summed E-state index contributed by atoms with van der Waals surface area (Å²) in [4.78, 5) is 11.4. The molecule has 1 heterocycles. The van der Waals surface area contributed by atoms with Gasteiger partial charge in [0.15, 0.2) is 0 Å². The number of hydrogen-bond donors (Lipinski definition) is 0. The molecule has 2 nitrogen and oxygen atoms in total. The lowest BCUT2D eigenvalue weighted by molar-refractivity contribution is -0.138. The van der Waals surface area contributed by atoms with E-state index in [1.807, 2.05) is 25.1 Å². The Labute approximate surface area is 96.6 Å². The van der Waals surface area contributed by atoms with E-state index in [1.54, 1.807) is 0 Å². The van der Waals surface area contributed by atoms with Crippen molar-refractivity contribution in [2.75, 3.05) is 6.61 Å². The molecular weight excluding hydrogens is 200 g/mol. The Morgan fingerprint density at radius 1 is 1.31 bits per heavy atom. The molecule has 1 aliphatic heterocycles. The summed E-state index contributed by atoms with van der Waals surface area (Å²) >= 11 is 0. The average molecular weight is 218 g/mol. The average Bonchev–Trinajstić information content (AvgIpc) is 2.28. The Morgan fingerprint density at radius 3 is 2.75 bits per heavy atom. The second-order valence-electron chi connectivity index (χ2n) is 4.75. The summed E-state index contributed by atoms with van der Waals surface area (Å²) in [5.74, 6) is 0.335. The number of Topliss-reactive ketones (excluding diaryl/α,β-unsaturated/α-hetero) is 1. The van der Waals surface area contributed by atoms with Gasteiger partial charge in [0.2, 0.25) is 0 Å². The highest BCUT2D eigenvalue weighted by molar-refractivity contribution is 5.80. The molecule has 1 saturated heterocycles. The Kier molecular flexibility index (Phi) is 3.39. The van der Waals surface area contributed by atoms with E-state index in [4.69, 9.17) is 4.74 Å². The van der Waals surface area contributed by atoms with Crippen molar-refractivity contribution < 1.29 is 9.53 Å². The van der Waals surface area contributed by atoms with Gasteiger partial charge in [0.1, 0.15) is 5.78 Å². The SMILES string of the molecule is CC1(CCc2ccccc2)CC(=O)CCO1. The Morgan fingerprint density at radius 2 is 2.06 bits per heavy atom. The molecule has 1 aromatic carbocycles. The van der Waals surface area contributed by atoms with Crippen molar-refractivity contribution in [1.82, 2.24) is 0 Å². The molecule has 16 heavy (non-hydrogen) atoms. The third-order valence-electron chi connectivity index (χ3n) is 3.19. The van der Waals surface area contributed by atoms with Crippen LogP contribution in [-0.2, 0) is 16.0 Å². The largest absolute Gasteiger partial charge is 0.374 e. The number of ketones is 1. The van der Waals surface area contributed by atoms with Gasteiger partial charge >= 0.3 is 0 Å². The Bertz CT molecular complexity index is 358. The quantitative estimate of drug-likeness (QED) is 0.779. The summed E-state index contributed by atoms with van der Waals surface area (Å²) < 4.78 is 5.74. The lowest BCUT2D eigenvalue weighted by Gasteiger charge is -2.33. The molecule has 2 heteroatoms. The molecule has 2 rings (SSSR count). The molecule has 0 N–H and O–H groups in total. The Balaban J connectivity index is 1.91. The van der Waals surface area contributed by atoms with Crippen LogP contribution in [0.4, 0.5) is 0 Å². The number of aryl methyl sites for hydroxylation is 1. The summed E-state index contributed by atoms with van der Waals surface area (Å²) in [5.41, 5.74) is 1.07. The Hall–Kier alpha value is -1.15. The minimum atomic E-state index is -0.245. The van der Waals surface area contributed by atoms with Crippen LogP contribution in [0.25, 0.3) is 0 Å². The molecule has 0 spiro atoms. The van der Waals surface area contributed by atoms with E-state index in [0.717, 1.165) is 12.8 Å². The van der Waals surface area contributed by atoms with Gasteiger partial charge in [0.05, 0.1) is 12.2 Å². The molecule has 1 unspecified atom stereocenters. The third kappa shape index (κ3) is 2.92. The van der Waals surface area contributed by atoms with Crippen LogP contribution < -0.4 is 0 Å². The number of carbonyl (C=O) groups excluding carboxylic acids is 1. The highest BCUT2D eigenvalue weighted by atomic mass is 16.5. The first kappa shape index (κ1) is 11.3. The third-order valence-corrected chi connectivity index (χ3v) is 3.19. The van der Waals surface area contributed by atoms with Gasteiger partial charge in [-0.1, -0.05) is 30.3 Å². The summed E-state index contributed by atoms with van der Waals surface area (Å²) in [7, 11) is 0. The van der Waals surface area contributed by atoms with Crippen LogP contribution >= 0.6 is 0 Å². The van der Waals surface area contributed by atoms with Gasteiger partial charge in [-0.25, -0.2) is 0 Å². The van der Waals surface area contributed by atoms with Crippen LogP contribution in [0.5, 0.6) is 0 Å². The molecule has 0 aromatic heterocycles. The normalized spacial score (nSPS) is 25.7. The molecule has 1 aliphatic rings. The topological polar surface area (TPSA) is 26.3 Å². The highest BCUT2D eigenvalue weighted by Crippen LogP contribution is 2.27. The van der Waals surface area contributed by atoms with Crippen LogP contribution in [-0.4, -0.2) is 18.0 Å². The molecule has 86 valence electrons. The van der Waals surface area contributed by atoms with E-state index >= 15 is 0 Å². The standard InChI is InChI=1S/C14H18O2/c1-14(11-13(15)8-10-16-14)9-7-12-5-3-2-4-6-12/h2-6H,7-11H2,1H3. The van der Waals surface area contributed by atoms with Gasteiger partial charge in [-0.15, -0.1) is 0 Å². The van der Waals surface area contributed by atoms with Crippen LogP contribution in [0.1, 0.15) is 31.7 Å². The summed E-state index contributed by atoms with van der Waals surface area (Å²) in [6, 6.07) is 10.4. The minimum Gasteiger partial charge on any atom is -0.374 e. The molecule has 0 amide bonds. The number of ether oxygens (including phenoxy) is 1. The van der Waals surface area contributed by atoms with E-state index in [9.17, 15) is 4.79 Å². The monoisotopic (exact) mass is 218 g/mol. The number of carbonyl (C=O) groups is 1. The molecule has 0 bridgehead atoms. The highest BCUT2D eigenvalue weighted by Gasteiger charge is 2.31. The van der Waals surface area contributed by atoms with Gasteiger partial charge < -0.3 is 4.74 Å². The lowest BCUT2D eigenvalue weighted by Crippen LogP contribution is -2.37. The molecule has 1 atom stereocenters. The zero-order chi connectivity index (χ0) is 11.4. The van der Waals surface area contributed by atoms with Crippen molar-refractivity contribution in [2.24, 2.45) is 0 Å².